The normalized spacial score (nSPS) is 10.6. The summed E-state index contributed by atoms with van der Waals surface area (Å²) in [6.07, 6.45) is 2.22. The van der Waals surface area contributed by atoms with Crippen molar-refractivity contribution in [2.24, 2.45) is 0 Å². The van der Waals surface area contributed by atoms with E-state index in [2.05, 4.69) is 20.9 Å². The Kier molecular flexibility index (Phi) is 5.58. The third-order valence-electron chi connectivity index (χ3n) is 2.43. The topological polar surface area (TPSA) is 53.4 Å². The summed E-state index contributed by atoms with van der Waals surface area (Å²) in [5.41, 5.74) is 0.555. The largest absolute Gasteiger partial charge is 0.396 e. The highest BCUT2D eigenvalue weighted by atomic mass is 79.9. The maximum atomic E-state index is 12.3. The molecule has 4 nitrogen and oxygen atoms in total. The molecule has 0 radical (unpaired) electrons. The number of hydrogen-bond acceptors (Lipinski definition) is 3. The van der Waals surface area contributed by atoms with Gasteiger partial charge in [-0.15, -0.1) is 0 Å². The zero-order valence-corrected chi connectivity index (χ0v) is 11.6. The minimum Gasteiger partial charge on any atom is -0.396 e. The molecule has 0 saturated carbocycles. The molecule has 0 aromatic carbocycles. The van der Waals surface area contributed by atoms with Gasteiger partial charge in [0.25, 0.3) is 5.91 Å². The van der Waals surface area contributed by atoms with Crippen molar-refractivity contribution < 1.29 is 9.90 Å². The molecule has 0 saturated heterocycles. The van der Waals surface area contributed by atoms with Gasteiger partial charge in [0, 0.05) is 25.4 Å². The molecule has 1 heterocycles. The van der Waals surface area contributed by atoms with Gasteiger partial charge in [-0.3, -0.25) is 4.79 Å². The van der Waals surface area contributed by atoms with Crippen LogP contribution in [0.2, 0.25) is 0 Å². The summed E-state index contributed by atoms with van der Waals surface area (Å²) in [6, 6.07) is 3.58. The molecule has 1 aromatic rings. The Morgan fingerprint density at radius 3 is 2.82 bits per heavy atom. The molecule has 1 N–H and O–H groups in total. The fourth-order valence-corrected chi connectivity index (χ4v) is 1.96. The molecule has 1 amide bonds. The molecule has 17 heavy (non-hydrogen) atoms. The summed E-state index contributed by atoms with van der Waals surface area (Å²) in [6.45, 7) is 4.55. The van der Waals surface area contributed by atoms with Crippen LogP contribution in [0.15, 0.2) is 22.9 Å². The van der Waals surface area contributed by atoms with Gasteiger partial charge in [0.1, 0.15) is 4.60 Å². The predicted octanol–water partition coefficient (Wildman–Crippen LogP) is 2.08. The monoisotopic (exact) mass is 300 g/mol. The highest BCUT2D eigenvalue weighted by Gasteiger charge is 2.20. The zero-order chi connectivity index (χ0) is 12.8. The number of carbonyl (C=O) groups is 1. The van der Waals surface area contributed by atoms with Gasteiger partial charge >= 0.3 is 0 Å². The lowest BCUT2D eigenvalue weighted by Crippen LogP contribution is -2.38. The molecule has 0 aliphatic heterocycles. The van der Waals surface area contributed by atoms with E-state index in [1.54, 1.807) is 23.2 Å². The van der Waals surface area contributed by atoms with Gasteiger partial charge in [-0.2, -0.15) is 0 Å². The van der Waals surface area contributed by atoms with Crippen molar-refractivity contribution >= 4 is 21.8 Å². The van der Waals surface area contributed by atoms with E-state index in [9.17, 15) is 4.79 Å². The van der Waals surface area contributed by atoms with Gasteiger partial charge < -0.3 is 10.0 Å². The van der Waals surface area contributed by atoms with Gasteiger partial charge in [-0.1, -0.05) is 0 Å². The number of aromatic nitrogens is 1. The number of rotatable bonds is 5. The fraction of sp³-hybridized carbons (Fsp3) is 0.500. The second kappa shape index (κ2) is 6.71. The third-order valence-corrected chi connectivity index (χ3v) is 3.06. The molecule has 0 atom stereocenters. The molecule has 5 heteroatoms. The van der Waals surface area contributed by atoms with Gasteiger partial charge in [0.2, 0.25) is 0 Å². The Hall–Kier alpha value is -0.940. The smallest absolute Gasteiger partial charge is 0.256 e. The number of pyridine rings is 1. The number of aliphatic hydroxyl groups excluding tert-OH is 1. The highest BCUT2D eigenvalue weighted by molar-refractivity contribution is 9.10. The van der Waals surface area contributed by atoms with Crippen LogP contribution >= 0.6 is 15.9 Å². The zero-order valence-electron chi connectivity index (χ0n) is 10.1. The van der Waals surface area contributed by atoms with Crippen molar-refractivity contribution in [2.45, 2.75) is 26.3 Å². The van der Waals surface area contributed by atoms with Crippen LogP contribution in [-0.2, 0) is 0 Å². The Morgan fingerprint density at radius 2 is 2.29 bits per heavy atom. The number of aliphatic hydroxyl groups is 1. The van der Waals surface area contributed by atoms with Gasteiger partial charge in [-0.05, 0) is 48.3 Å². The van der Waals surface area contributed by atoms with Crippen LogP contribution in [0.1, 0.15) is 30.6 Å². The minimum absolute atomic E-state index is 0.0616. The Labute approximate surface area is 110 Å². The Morgan fingerprint density at radius 1 is 1.59 bits per heavy atom. The van der Waals surface area contributed by atoms with Crippen molar-refractivity contribution in [3.8, 4) is 0 Å². The van der Waals surface area contributed by atoms with Crippen molar-refractivity contribution in [2.75, 3.05) is 13.2 Å². The van der Waals surface area contributed by atoms with E-state index in [-0.39, 0.29) is 18.6 Å². The van der Waals surface area contributed by atoms with Crippen LogP contribution < -0.4 is 0 Å². The second-order valence-corrected chi connectivity index (χ2v) is 4.76. The standard InChI is InChI=1S/C12H17BrN2O2/c1-9(2)15(7-4-8-16)12(17)10-5-3-6-14-11(10)13/h3,5-6,9,16H,4,7-8H2,1-2H3. The molecule has 0 spiro atoms. The fourth-order valence-electron chi connectivity index (χ4n) is 1.54. The quantitative estimate of drug-likeness (QED) is 0.847. The molecule has 0 fully saturated rings. The molecule has 0 aliphatic carbocycles. The third kappa shape index (κ3) is 3.78. The van der Waals surface area contributed by atoms with E-state index in [0.717, 1.165) is 0 Å². The number of nitrogens with zero attached hydrogens (tertiary/aromatic N) is 2. The van der Waals surface area contributed by atoms with Crippen LogP contribution in [0.3, 0.4) is 0 Å². The summed E-state index contributed by atoms with van der Waals surface area (Å²) >= 11 is 3.27. The van der Waals surface area contributed by atoms with Crippen LogP contribution in [0.4, 0.5) is 0 Å². The summed E-state index contributed by atoms with van der Waals surface area (Å²) < 4.78 is 0.555. The Balaban J connectivity index is 2.88. The van der Waals surface area contributed by atoms with Crippen molar-refractivity contribution in [1.82, 2.24) is 9.88 Å². The van der Waals surface area contributed by atoms with Crippen LogP contribution in [0, 0.1) is 0 Å². The van der Waals surface area contributed by atoms with Crippen molar-refractivity contribution in [1.29, 1.82) is 0 Å². The lowest BCUT2D eigenvalue weighted by atomic mass is 10.2. The molecular formula is C12H17BrN2O2. The lowest BCUT2D eigenvalue weighted by Gasteiger charge is -2.26. The number of amides is 1. The molecule has 1 rings (SSSR count). The van der Waals surface area contributed by atoms with Crippen molar-refractivity contribution in [3.63, 3.8) is 0 Å². The molecular weight excluding hydrogens is 284 g/mol. The number of hydrogen-bond donors (Lipinski definition) is 1. The maximum absolute atomic E-state index is 12.3. The summed E-state index contributed by atoms with van der Waals surface area (Å²) in [7, 11) is 0. The summed E-state index contributed by atoms with van der Waals surface area (Å²) in [5.74, 6) is -0.0616. The van der Waals surface area contributed by atoms with E-state index in [1.165, 1.54) is 0 Å². The highest BCUT2D eigenvalue weighted by Crippen LogP contribution is 2.16. The minimum atomic E-state index is -0.0616. The maximum Gasteiger partial charge on any atom is 0.256 e. The molecule has 0 unspecified atom stereocenters. The van der Waals surface area contributed by atoms with Gasteiger partial charge in [0.05, 0.1) is 5.56 Å². The van der Waals surface area contributed by atoms with E-state index < -0.39 is 0 Å². The Bertz CT molecular complexity index is 383. The molecule has 0 bridgehead atoms. The average molecular weight is 301 g/mol. The molecule has 94 valence electrons. The van der Waals surface area contributed by atoms with Crippen LogP contribution in [-0.4, -0.2) is 40.1 Å². The number of halogens is 1. The van der Waals surface area contributed by atoms with E-state index in [1.807, 2.05) is 13.8 Å². The van der Waals surface area contributed by atoms with Gasteiger partial charge in [0.15, 0.2) is 0 Å². The summed E-state index contributed by atoms with van der Waals surface area (Å²) in [4.78, 5) is 18.1. The van der Waals surface area contributed by atoms with E-state index >= 15 is 0 Å². The first kappa shape index (κ1) is 14.1. The SMILES string of the molecule is CC(C)N(CCCO)C(=O)c1cccnc1Br. The average Bonchev–Trinajstić information content (AvgIpc) is 2.29. The van der Waals surface area contributed by atoms with E-state index in [0.29, 0.717) is 23.1 Å². The first-order valence-corrected chi connectivity index (χ1v) is 6.39. The van der Waals surface area contributed by atoms with Crippen LogP contribution in [0.25, 0.3) is 0 Å². The van der Waals surface area contributed by atoms with Gasteiger partial charge in [-0.25, -0.2) is 4.98 Å². The van der Waals surface area contributed by atoms with Crippen LogP contribution in [0.5, 0.6) is 0 Å². The predicted molar refractivity (Wildman–Crippen MR) is 69.8 cm³/mol. The van der Waals surface area contributed by atoms with E-state index in [4.69, 9.17) is 5.11 Å². The number of carbonyl (C=O) groups excluding carboxylic acids is 1. The van der Waals surface area contributed by atoms with Crippen molar-refractivity contribution in [3.05, 3.63) is 28.5 Å². The molecule has 0 aliphatic rings. The summed E-state index contributed by atoms with van der Waals surface area (Å²) in [5, 5.41) is 8.84. The first-order chi connectivity index (χ1) is 8.07. The first-order valence-electron chi connectivity index (χ1n) is 5.60. The molecule has 1 aromatic heterocycles. The lowest BCUT2D eigenvalue weighted by molar-refractivity contribution is 0.0691. The second-order valence-electron chi connectivity index (χ2n) is 4.01.